The minimum Gasteiger partial charge on any atom is -0.271 e. The third kappa shape index (κ3) is 3.54. The lowest BCUT2D eigenvalue weighted by atomic mass is 9.98. The van der Waals surface area contributed by atoms with Crippen LogP contribution in [-0.2, 0) is 6.42 Å². The molecule has 2 nitrogen and oxygen atoms in total. The van der Waals surface area contributed by atoms with Gasteiger partial charge < -0.3 is 0 Å². The van der Waals surface area contributed by atoms with Gasteiger partial charge in [0.05, 0.1) is 0 Å². The highest BCUT2D eigenvalue weighted by molar-refractivity contribution is 14.1. The average Bonchev–Trinajstić information content (AvgIpc) is 2.37. The van der Waals surface area contributed by atoms with Crippen LogP contribution in [0.25, 0.3) is 0 Å². The van der Waals surface area contributed by atoms with Crippen molar-refractivity contribution in [3.63, 3.8) is 0 Å². The van der Waals surface area contributed by atoms with E-state index >= 15 is 0 Å². The Bertz CT molecular complexity index is 508. The highest BCUT2D eigenvalue weighted by Gasteiger charge is 2.10. The van der Waals surface area contributed by atoms with E-state index in [0.717, 1.165) is 6.42 Å². The van der Waals surface area contributed by atoms with Crippen LogP contribution in [0.2, 0.25) is 0 Å². The van der Waals surface area contributed by atoms with Gasteiger partial charge in [0.15, 0.2) is 0 Å². The molecule has 2 rings (SSSR count). The summed E-state index contributed by atoms with van der Waals surface area (Å²) in [5, 5.41) is 0. The predicted molar refractivity (Wildman–Crippen MR) is 84.1 cm³/mol. The molecule has 0 fully saturated rings. The van der Waals surface area contributed by atoms with Crippen molar-refractivity contribution < 1.29 is 0 Å². The normalized spacial score (nSPS) is 12.4. The second-order valence-electron chi connectivity index (χ2n) is 4.46. The molecule has 1 unspecified atom stereocenters. The number of hydrogen-bond donors (Lipinski definition) is 2. The Kier molecular flexibility index (Phi) is 4.74. The van der Waals surface area contributed by atoms with Gasteiger partial charge >= 0.3 is 0 Å². The topological polar surface area (TPSA) is 38.0 Å². The van der Waals surface area contributed by atoms with Crippen molar-refractivity contribution in [1.82, 2.24) is 5.43 Å². The maximum absolute atomic E-state index is 5.68. The van der Waals surface area contributed by atoms with Gasteiger partial charge in [-0.05, 0) is 59.2 Å². The molecule has 1 atom stereocenters. The zero-order chi connectivity index (χ0) is 13.0. The first kappa shape index (κ1) is 13.5. The molecule has 0 saturated carbocycles. The minimum atomic E-state index is 0.156. The molecule has 18 heavy (non-hydrogen) atoms. The summed E-state index contributed by atoms with van der Waals surface area (Å²) in [6.07, 6.45) is 0.902. The van der Waals surface area contributed by atoms with Crippen molar-refractivity contribution in [3.8, 4) is 0 Å². The largest absolute Gasteiger partial charge is 0.271 e. The fraction of sp³-hybridized carbons (Fsp3) is 0.200. The molecule has 0 aliphatic rings. The number of hydrogen-bond acceptors (Lipinski definition) is 2. The zero-order valence-electron chi connectivity index (χ0n) is 10.4. The number of nitrogens with one attached hydrogen (secondary N) is 1. The number of rotatable bonds is 4. The molecule has 0 saturated heterocycles. The van der Waals surface area contributed by atoms with Gasteiger partial charge in [0.1, 0.15) is 0 Å². The highest BCUT2D eigenvalue weighted by atomic mass is 127. The molecule has 0 aliphatic heterocycles. The van der Waals surface area contributed by atoms with Crippen LogP contribution in [0, 0.1) is 10.5 Å². The summed E-state index contributed by atoms with van der Waals surface area (Å²) in [7, 11) is 0. The molecule has 94 valence electrons. The van der Waals surface area contributed by atoms with E-state index in [1.165, 1.54) is 20.3 Å². The van der Waals surface area contributed by atoms with Crippen LogP contribution in [0.4, 0.5) is 0 Å². The number of nitrogens with two attached hydrogens (primary N) is 1. The van der Waals surface area contributed by atoms with Gasteiger partial charge in [-0.25, -0.2) is 0 Å². The van der Waals surface area contributed by atoms with Crippen LogP contribution >= 0.6 is 22.6 Å². The third-order valence-electron chi connectivity index (χ3n) is 3.00. The molecule has 3 heteroatoms. The first-order chi connectivity index (χ1) is 8.69. The third-order valence-corrected chi connectivity index (χ3v) is 3.72. The number of benzene rings is 2. The van der Waals surface area contributed by atoms with Gasteiger partial charge in [-0.15, -0.1) is 0 Å². The molecule has 0 spiro atoms. The average molecular weight is 352 g/mol. The fourth-order valence-corrected chi connectivity index (χ4v) is 2.40. The maximum atomic E-state index is 5.68. The molecule has 2 aromatic carbocycles. The zero-order valence-corrected chi connectivity index (χ0v) is 12.5. The van der Waals surface area contributed by atoms with Crippen LogP contribution in [0.5, 0.6) is 0 Å². The van der Waals surface area contributed by atoms with E-state index < -0.39 is 0 Å². The quantitative estimate of drug-likeness (QED) is 0.503. The number of aryl methyl sites for hydroxylation is 1. The summed E-state index contributed by atoms with van der Waals surface area (Å²) in [4.78, 5) is 0. The maximum Gasteiger partial charge on any atom is 0.0500 e. The van der Waals surface area contributed by atoms with Crippen molar-refractivity contribution >= 4 is 22.6 Å². The molecule has 0 amide bonds. The van der Waals surface area contributed by atoms with Gasteiger partial charge in [0.2, 0.25) is 0 Å². The van der Waals surface area contributed by atoms with Crippen molar-refractivity contribution in [2.45, 2.75) is 19.4 Å². The molecule has 0 radical (unpaired) electrons. The van der Waals surface area contributed by atoms with Crippen molar-refractivity contribution in [3.05, 3.63) is 68.8 Å². The van der Waals surface area contributed by atoms with E-state index in [9.17, 15) is 0 Å². The standard InChI is InChI=1S/C15H17IN2/c1-11-3-2-4-12(9-11)10-15(18-17)13-5-7-14(16)8-6-13/h2-9,15,18H,10,17H2,1H3. The van der Waals surface area contributed by atoms with Crippen LogP contribution in [0.1, 0.15) is 22.7 Å². The Morgan fingerprint density at radius 3 is 2.50 bits per heavy atom. The predicted octanol–water partition coefficient (Wildman–Crippen LogP) is 3.35. The van der Waals surface area contributed by atoms with Crippen LogP contribution in [0.3, 0.4) is 0 Å². The Labute approximate surface area is 122 Å². The molecular formula is C15H17IN2. The van der Waals surface area contributed by atoms with Crippen molar-refractivity contribution in [2.24, 2.45) is 5.84 Å². The molecule has 3 N–H and O–H groups in total. The van der Waals surface area contributed by atoms with Gasteiger partial charge in [0, 0.05) is 9.61 Å². The molecule has 0 aromatic heterocycles. The lowest BCUT2D eigenvalue weighted by Gasteiger charge is -2.16. The summed E-state index contributed by atoms with van der Waals surface area (Å²) < 4.78 is 1.24. The van der Waals surface area contributed by atoms with Gasteiger partial charge in [0.25, 0.3) is 0 Å². The molecule has 2 aromatic rings. The van der Waals surface area contributed by atoms with Crippen molar-refractivity contribution in [2.75, 3.05) is 0 Å². The summed E-state index contributed by atoms with van der Waals surface area (Å²) in [6, 6.07) is 17.2. The molecule has 0 heterocycles. The second-order valence-corrected chi connectivity index (χ2v) is 5.71. The van der Waals surface area contributed by atoms with E-state index in [1.54, 1.807) is 0 Å². The smallest absolute Gasteiger partial charge is 0.0500 e. The van der Waals surface area contributed by atoms with Gasteiger partial charge in [-0.1, -0.05) is 42.0 Å². The first-order valence-corrected chi connectivity index (χ1v) is 7.04. The van der Waals surface area contributed by atoms with Crippen LogP contribution in [-0.4, -0.2) is 0 Å². The van der Waals surface area contributed by atoms with E-state index in [-0.39, 0.29) is 6.04 Å². The molecular weight excluding hydrogens is 335 g/mol. The summed E-state index contributed by atoms with van der Waals surface area (Å²) >= 11 is 2.31. The summed E-state index contributed by atoms with van der Waals surface area (Å²) in [5.41, 5.74) is 6.71. The Morgan fingerprint density at radius 2 is 1.89 bits per heavy atom. The number of halogens is 1. The van der Waals surface area contributed by atoms with Crippen LogP contribution in [0.15, 0.2) is 48.5 Å². The SMILES string of the molecule is Cc1cccc(CC(NN)c2ccc(I)cc2)c1. The van der Waals surface area contributed by atoms with E-state index in [4.69, 9.17) is 5.84 Å². The summed E-state index contributed by atoms with van der Waals surface area (Å²) in [5.74, 6) is 5.68. The van der Waals surface area contributed by atoms with Gasteiger partial charge in [-0.2, -0.15) is 0 Å². The lowest BCUT2D eigenvalue weighted by molar-refractivity contribution is 0.552. The van der Waals surface area contributed by atoms with E-state index in [0.29, 0.717) is 0 Å². The number of hydrazine groups is 1. The van der Waals surface area contributed by atoms with E-state index in [1.807, 2.05) is 0 Å². The monoisotopic (exact) mass is 352 g/mol. The van der Waals surface area contributed by atoms with Gasteiger partial charge in [-0.3, -0.25) is 11.3 Å². The second kappa shape index (κ2) is 6.31. The molecule has 0 bridgehead atoms. The van der Waals surface area contributed by atoms with Crippen LogP contribution < -0.4 is 11.3 Å². The fourth-order valence-electron chi connectivity index (χ4n) is 2.04. The first-order valence-electron chi connectivity index (χ1n) is 5.96. The minimum absolute atomic E-state index is 0.156. The van der Waals surface area contributed by atoms with E-state index in [2.05, 4.69) is 83.5 Å². The highest BCUT2D eigenvalue weighted by Crippen LogP contribution is 2.19. The molecule has 0 aliphatic carbocycles. The Balaban J connectivity index is 2.17. The Morgan fingerprint density at radius 1 is 1.17 bits per heavy atom. The lowest BCUT2D eigenvalue weighted by Crippen LogP contribution is -2.29. The summed E-state index contributed by atoms with van der Waals surface area (Å²) in [6.45, 7) is 2.11. The van der Waals surface area contributed by atoms with Crippen molar-refractivity contribution in [1.29, 1.82) is 0 Å². The Hall–Kier alpha value is -0.910.